The quantitative estimate of drug-likeness (QED) is 0.708. The van der Waals surface area contributed by atoms with Crippen LogP contribution >= 0.6 is 27.5 Å². The van der Waals surface area contributed by atoms with Crippen molar-refractivity contribution >= 4 is 44.1 Å². The third-order valence-electron chi connectivity index (χ3n) is 3.10. The van der Waals surface area contributed by atoms with Gasteiger partial charge >= 0.3 is 0 Å². The Morgan fingerprint density at radius 3 is 2.95 bits per heavy atom. The molecule has 3 nitrogen and oxygen atoms in total. The van der Waals surface area contributed by atoms with Gasteiger partial charge in [-0.25, -0.2) is 0 Å². The van der Waals surface area contributed by atoms with E-state index in [9.17, 15) is 0 Å². The summed E-state index contributed by atoms with van der Waals surface area (Å²) in [6.07, 6.45) is 1.79. The smallest absolute Gasteiger partial charge is 0.169 e. The van der Waals surface area contributed by atoms with Gasteiger partial charge in [0, 0.05) is 11.6 Å². The van der Waals surface area contributed by atoms with Crippen molar-refractivity contribution < 1.29 is 4.42 Å². The Bertz CT molecular complexity index is 770. The SMILES string of the molecule is Cc1cc(Cl)c(NCc2ccc(Br)o2)c2cccnc12. The number of furan rings is 1. The first-order valence-corrected chi connectivity index (χ1v) is 7.34. The third kappa shape index (κ3) is 2.53. The van der Waals surface area contributed by atoms with Gasteiger partial charge in [0.15, 0.2) is 4.67 Å². The van der Waals surface area contributed by atoms with Crippen molar-refractivity contribution in [2.24, 2.45) is 0 Å². The monoisotopic (exact) mass is 350 g/mol. The number of rotatable bonds is 3. The maximum atomic E-state index is 6.35. The first-order chi connectivity index (χ1) is 9.65. The van der Waals surface area contributed by atoms with E-state index in [1.165, 1.54) is 0 Å². The van der Waals surface area contributed by atoms with Crippen LogP contribution in [0.1, 0.15) is 11.3 Å². The average Bonchev–Trinajstić information content (AvgIpc) is 2.84. The van der Waals surface area contributed by atoms with Gasteiger partial charge in [-0.3, -0.25) is 4.98 Å². The van der Waals surface area contributed by atoms with Crippen LogP contribution in [0.5, 0.6) is 0 Å². The second kappa shape index (κ2) is 5.46. The van der Waals surface area contributed by atoms with Crippen molar-refractivity contribution in [1.82, 2.24) is 4.98 Å². The fourth-order valence-electron chi connectivity index (χ4n) is 2.18. The van der Waals surface area contributed by atoms with Gasteiger partial charge in [0.2, 0.25) is 0 Å². The van der Waals surface area contributed by atoms with Crippen molar-refractivity contribution in [2.75, 3.05) is 5.32 Å². The first-order valence-electron chi connectivity index (χ1n) is 6.17. The van der Waals surface area contributed by atoms with Crippen LogP contribution in [-0.2, 0) is 6.54 Å². The van der Waals surface area contributed by atoms with Crippen LogP contribution < -0.4 is 5.32 Å². The highest BCUT2D eigenvalue weighted by molar-refractivity contribution is 9.10. The van der Waals surface area contributed by atoms with Gasteiger partial charge < -0.3 is 9.73 Å². The fourth-order valence-corrected chi connectivity index (χ4v) is 2.85. The molecule has 1 aromatic carbocycles. The molecule has 0 radical (unpaired) electrons. The molecule has 0 atom stereocenters. The van der Waals surface area contributed by atoms with Crippen LogP contribution in [-0.4, -0.2) is 4.98 Å². The molecule has 5 heteroatoms. The molecule has 0 bridgehead atoms. The normalized spacial score (nSPS) is 10.9. The van der Waals surface area contributed by atoms with Gasteiger partial charge in [-0.05, 0) is 58.7 Å². The van der Waals surface area contributed by atoms with Gasteiger partial charge in [-0.1, -0.05) is 11.6 Å². The van der Waals surface area contributed by atoms with Gasteiger partial charge in [0.25, 0.3) is 0 Å². The molecule has 0 aliphatic heterocycles. The van der Waals surface area contributed by atoms with E-state index in [0.29, 0.717) is 11.6 Å². The summed E-state index contributed by atoms with van der Waals surface area (Å²) in [6.45, 7) is 2.58. The van der Waals surface area contributed by atoms with Crippen molar-refractivity contribution in [3.05, 3.63) is 57.5 Å². The number of benzene rings is 1. The number of nitrogens with zero attached hydrogens (tertiary/aromatic N) is 1. The molecule has 0 saturated carbocycles. The largest absolute Gasteiger partial charge is 0.452 e. The van der Waals surface area contributed by atoms with Crippen LogP contribution in [0.2, 0.25) is 5.02 Å². The molecular weight excluding hydrogens is 340 g/mol. The Balaban J connectivity index is 1.98. The lowest BCUT2D eigenvalue weighted by Gasteiger charge is -2.12. The number of fused-ring (bicyclic) bond motifs is 1. The summed E-state index contributed by atoms with van der Waals surface area (Å²) >= 11 is 9.64. The zero-order valence-electron chi connectivity index (χ0n) is 10.8. The number of pyridine rings is 1. The highest BCUT2D eigenvalue weighted by Crippen LogP contribution is 2.33. The zero-order valence-corrected chi connectivity index (χ0v) is 13.1. The molecule has 0 aliphatic carbocycles. The molecule has 0 saturated heterocycles. The number of aryl methyl sites for hydroxylation is 1. The summed E-state index contributed by atoms with van der Waals surface area (Å²) in [5.74, 6) is 0.838. The van der Waals surface area contributed by atoms with Gasteiger partial charge in [-0.15, -0.1) is 0 Å². The highest BCUT2D eigenvalue weighted by Gasteiger charge is 2.10. The van der Waals surface area contributed by atoms with Crippen molar-refractivity contribution in [3.63, 3.8) is 0 Å². The second-order valence-electron chi connectivity index (χ2n) is 4.51. The zero-order chi connectivity index (χ0) is 14.1. The standard InChI is InChI=1S/C15H12BrClN2O/c1-9-7-12(17)15(11-3-2-6-18-14(9)11)19-8-10-4-5-13(16)20-10/h2-7,19H,8H2,1H3. The van der Waals surface area contributed by atoms with Crippen molar-refractivity contribution in [1.29, 1.82) is 0 Å². The molecule has 0 spiro atoms. The minimum atomic E-state index is 0.568. The van der Waals surface area contributed by atoms with Crippen LogP contribution in [0.4, 0.5) is 5.69 Å². The summed E-state index contributed by atoms with van der Waals surface area (Å²) in [5, 5.41) is 5.03. The third-order valence-corrected chi connectivity index (χ3v) is 3.83. The molecule has 3 rings (SSSR count). The Hall–Kier alpha value is -1.52. The van der Waals surface area contributed by atoms with E-state index in [-0.39, 0.29) is 0 Å². The minimum Gasteiger partial charge on any atom is -0.452 e. The number of hydrogen-bond donors (Lipinski definition) is 1. The molecule has 2 aromatic heterocycles. The highest BCUT2D eigenvalue weighted by atomic mass is 79.9. The van der Waals surface area contributed by atoms with Crippen LogP contribution in [0.15, 0.2) is 45.6 Å². The van der Waals surface area contributed by atoms with Gasteiger partial charge in [0.05, 0.1) is 22.8 Å². The Kier molecular flexibility index (Phi) is 3.68. The summed E-state index contributed by atoms with van der Waals surface area (Å²) < 4.78 is 6.19. The number of halogens is 2. The lowest BCUT2D eigenvalue weighted by atomic mass is 10.1. The molecule has 20 heavy (non-hydrogen) atoms. The van der Waals surface area contributed by atoms with E-state index in [1.807, 2.05) is 37.3 Å². The van der Waals surface area contributed by atoms with Crippen LogP contribution in [0.25, 0.3) is 10.9 Å². The fraction of sp³-hybridized carbons (Fsp3) is 0.133. The van der Waals surface area contributed by atoms with Crippen LogP contribution in [0, 0.1) is 6.92 Å². The minimum absolute atomic E-state index is 0.568. The predicted molar refractivity (Wildman–Crippen MR) is 85.2 cm³/mol. The summed E-state index contributed by atoms with van der Waals surface area (Å²) in [4.78, 5) is 4.41. The average molecular weight is 352 g/mol. The maximum absolute atomic E-state index is 6.35. The maximum Gasteiger partial charge on any atom is 0.169 e. The lowest BCUT2D eigenvalue weighted by Crippen LogP contribution is -2.00. The number of nitrogens with one attached hydrogen (secondary N) is 1. The molecule has 3 aromatic rings. The summed E-state index contributed by atoms with van der Waals surface area (Å²) in [6, 6.07) is 9.64. The lowest BCUT2D eigenvalue weighted by molar-refractivity contribution is 0.495. The Labute approximate surface area is 130 Å². The molecule has 0 amide bonds. The van der Waals surface area contributed by atoms with E-state index in [2.05, 4.69) is 26.2 Å². The number of anilines is 1. The van der Waals surface area contributed by atoms with Crippen molar-refractivity contribution in [2.45, 2.75) is 13.5 Å². The molecule has 2 heterocycles. The van der Waals surface area contributed by atoms with E-state index in [0.717, 1.165) is 32.6 Å². The van der Waals surface area contributed by atoms with Gasteiger partial charge in [0.1, 0.15) is 5.76 Å². The number of hydrogen-bond acceptors (Lipinski definition) is 3. The Morgan fingerprint density at radius 1 is 1.35 bits per heavy atom. The van der Waals surface area contributed by atoms with Crippen LogP contribution in [0.3, 0.4) is 0 Å². The van der Waals surface area contributed by atoms with Gasteiger partial charge in [-0.2, -0.15) is 0 Å². The van der Waals surface area contributed by atoms with E-state index < -0.39 is 0 Å². The molecule has 0 unspecified atom stereocenters. The van der Waals surface area contributed by atoms with E-state index in [4.69, 9.17) is 16.0 Å². The first kappa shape index (κ1) is 13.5. The molecular formula is C15H12BrClN2O. The van der Waals surface area contributed by atoms with Crippen molar-refractivity contribution in [3.8, 4) is 0 Å². The summed E-state index contributed by atoms with van der Waals surface area (Å²) in [5.41, 5.74) is 2.91. The summed E-state index contributed by atoms with van der Waals surface area (Å²) in [7, 11) is 0. The Morgan fingerprint density at radius 2 is 2.20 bits per heavy atom. The number of aromatic nitrogens is 1. The van der Waals surface area contributed by atoms with E-state index >= 15 is 0 Å². The molecule has 1 N–H and O–H groups in total. The molecule has 102 valence electrons. The topological polar surface area (TPSA) is 38.1 Å². The van der Waals surface area contributed by atoms with E-state index in [1.54, 1.807) is 6.20 Å². The predicted octanol–water partition coefficient (Wildman–Crippen LogP) is 5.16. The molecule has 0 fully saturated rings. The second-order valence-corrected chi connectivity index (χ2v) is 5.70. The molecule has 0 aliphatic rings.